The number of carboxylic acids is 1. The van der Waals surface area contributed by atoms with Crippen LogP contribution in [0.3, 0.4) is 0 Å². The highest BCUT2D eigenvalue weighted by atomic mass is 16.5. The van der Waals surface area contributed by atoms with Gasteiger partial charge < -0.3 is 19.9 Å². The van der Waals surface area contributed by atoms with Gasteiger partial charge in [0, 0.05) is 30.8 Å². The third-order valence-electron chi connectivity index (χ3n) is 3.70. The molecular weight excluding hydrogens is 312 g/mol. The van der Waals surface area contributed by atoms with Crippen molar-refractivity contribution >= 4 is 11.8 Å². The number of nitrogens with one attached hydrogen (secondary N) is 1. The summed E-state index contributed by atoms with van der Waals surface area (Å²) in [7, 11) is 0. The van der Waals surface area contributed by atoms with Crippen LogP contribution in [0.5, 0.6) is 5.75 Å². The number of nitrogens with zero attached hydrogens (tertiary/aromatic N) is 3. The third-order valence-corrected chi connectivity index (χ3v) is 3.70. The second kappa shape index (κ2) is 7.69. The first-order chi connectivity index (χ1) is 11.7. The third kappa shape index (κ3) is 4.17. The SMILES string of the molecule is O=C(O)c1cnc(NCc2ccncc2OCC2CCOC2)cn1. The zero-order valence-corrected chi connectivity index (χ0v) is 13.0. The van der Waals surface area contributed by atoms with Gasteiger partial charge in [0.05, 0.1) is 31.8 Å². The molecule has 0 radical (unpaired) electrons. The Balaban J connectivity index is 1.59. The number of hydrogen-bond donors (Lipinski definition) is 2. The van der Waals surface area contributed by atoms with Gasteiger partial charge in [0.25, 0.3) is 0 Å². The summed E-state index contributed by atoms with van der Waals surface area (Å²) in [5, 5.41) is 11.9. The molecule has 1 atom stereocenters. The number of pyridine rings is 1. The molecule has 0 aromatic carbocycles. The Morgan fingerprint density at radius 1 is 1.38 bits per heavy atom. The van der Waals surface area contributed by atoms with E-state index in [9.17, 15) is 4.79 Å². The quantitative estimate of drug-likeness (QED) is 0.788. The molecule has 1 fully saturated rings. The molecule has 2 N–H and O–H groups in total. The fraction of sp³-hybridized carbons (Fsp3) is 0.375. The van der Waals surface area contributed by atoms with Crippen LogP contribution >= 0.6 is 0 Å². The molecular formula is C16H18N4O4. The van der Waals surface area contributed by atoms with Gasteiger partial charge in [-0.05, 0) is 12.5 Å². The molecule has 2 aromatic rings. The van der Waals surface area contributed by atoms with Crippen molar-refractivity contribution < 1.29 is 19.4 Å². The van der Waals surface area contributed by atoms with Gasteiger partial charge in [0.2, 0.25) is 0 Å². The number of aromatic carboxylic acids is 1. The lowest BCUT2D eigenvalue weighted by molar-refractivity contribution is 0.0690. The second-order valence-electron chi connectivity index (χ2n) is 5.47. The van der Waals surface area contributed by atoms with Gasteiger partial charge in [-0.25, -0.2) is 14.8 Å². The van der Waals surface area contributed by atoms with E-state index < -0.39 is 5.97 Å². The molecule has 126 valence electrons. The molecule has 1 aliphatic rings. The van der Waals surface area contributed by atoms with Crippen LogP contribution in [0.4, 0.5) is 5.82 Å². The predicted molar refractivity (Wildman–Crippen MR) is 85.0 cm³/mol. The van der Waals surface area contributed by atoms with Gasteiger partial charge >= 0.3 is 5.97 Å². The fourth-order valence-electron chi connectivity index (χ4n) is 2.32. The molecule has 8 heteroatoms. The van der Waals surface area contributed by atoms with Gasteiger partial charge in [-0.2, -0.15) is 0 Å². The molecule has 1 unspecified atom stereocenters. The van der Waals surface area contributed by atoms with E-state index in [1.54, 1.807) is 12.4 Å². The van der Waals surface area contributed by atoms with Crippen molar-refractivity contribution in [3.05, 3.63) is 42.1 Å². The number of anilines is 1. The highest BCUT2D eigenvalue weighted by Gasteiger charge is 2.17. The van der Waals surface area contributed by atoms with Crippen LogP contribution in [0.15, 0.2) is 30.9 Å². The van der Waals surface area contributed by atoms with Crippen molar-refractivity contribution in [1.29, 1.82) is 0 Å². The molecule has 0 spiro atoms. The number of hydrogen-bond acceptors (Lipinski definition) is 7. The maximum Gasteiger partial charge on any atom is 0.356 e. The zero-order valence-electron chi connectivity index (χ0n) is 13.0. The minimum Gasteiger partial charge on any atom is -0.491 e. The summed E-state index contributed by atoms with van der Waals surface area (Å²) in [5.41, 5.74) is 0.847. The molecule has 2 aromatic heterocycles. The summed E-state index contributed by atoms with van der Waals surface area (Å²) in [6.45, 7) is 2.60. The Morgan fingerprint density at radius 3 is 3.00 bits per heavy atom. The first-order valence-corrected chi connectivity index (χ1v) is 7.65. The smallest absolute Gasteiger partial charge is 0.356 e. The Kier molecular flexibility index (Phi) is 5.17. The monoisotopic (exact) mass is 330 g/mol. The molecule has 3 heterocycles. The molecule has 0 amide bonds. The largest absolute Gasteiger partial charge is 0.491 e. The Labute approximate surface area is 138 Å². The molecule has 3 rings (SSSR count). The lowest BCUT2D eigenvalue weighted by atomic mass is 10.1. The summed E-state index contributed by atoms with van der Waals surface area (Å²) in [4.78, 5) is 22.7. The Hall–Kier alpha value is -2.74. The van der Waals surface area contributed by atoms with E-state index in [2.05, 4.69) is 20.3 Å². The molecule has 24 heavy (non-hydrogen) atoms. The van der Waals surface area contributed by atoms with Crippen molar-refractivity contribution in [2.24, 2.45) is 5.92 Å². The van der Waals surface area contributed by atoms with Crippen LogP contribution in [-0.2, 0) is 11.3 Å². The first-order valence-electron chi connectivity index (χ1n) is 7.65. The van der Waals surface area contributed by atoms with Crippen molar-refractivity contribution in [2.45, 2.75) is 13.0 Å². The Bertz CT molecular complexity index is 687. The highest BCUT2D eigenvalue weighted by molar-refractivity contribution is 5.84. The second-order valence-corrected chi connectivity index (χ2v) is 5.47. The van der Waals surface area contributed by atoms with Crippen molar-refractivity contribution in [3.63, 3.8) is 0 Å². The summed E-state index contributed by atoms with van der Waals surface area (Å²) in [5.74, 6) is 0.522. The average Bonchev–Trinajstić information content (AvgIpc) is 3.12. The lowest BCUT2D eigenvalue weighted by Gasteiger charge is -2.14. The average molecular weight is 330 g/mol. The highest BCUT2D eigenvalue weighted by Crippen LogP contribution is 2.20. The summed E-state index contributed by atoms with van der Waals surface area (Å²) in [6.07, 6.45) is 7.00. The van der Waals surface area contributed by atoms with Crippen LogP contribution in [0.2, 0.25) is 0 Å². The predicted octanol–water partition coefficient (Wildman–Crippen LogP) is 1.60. The normalized spacial score (nSPS) is 16.8. The van der Waals surface area contributed by atoms with Gasteiger partial charge in [-0.1, -0.05) is 0 Å². The number of rotatable bonds is 7. The van der Waals surface area contributed by atoms with Crippen LogP contribution in [0, 0.1) is 5.92 Å². The van der Waals surface area contributed by atoms with Crippen molar-refractivity contribution in [2.75, 3.05) is 25.1 Å². The summed E-state index contributed by atoms with van der Waals surface area (Å²) < 4.78 is 11.2. The van der Waals surface area contributed by atoms with E-state index in [0.29, 0.717) is 30.6 Å². The van der Waals surface area contributed by atoms with Gasteiger partial charge in [-0.3, -0.25) is 4.98 Å². The van der Waals surface area contributed by atoms with Crippen LogP contribution in [0.25, 0.3) is 0 Å². The topological polar surface area (TPSA) is 106 Å². The van der Waals surface area contributed by atoms with Crippen molar-refractivity contribution in [1.82, 2.24) is 15.0 Å². The maximum absolute atomic E-state index is 10.8. The first kappa shape index (κ1) is 16.1. The zero-order chi connectivity index (χ0) is 16.8. The lowest BCUT2D eigenvalue weighted by Crippen LogP contribution is -2.13. The number of carboxylic acid groups (broad SMARTS) is 1. The van der Waals surface area contributed by atoms with E-state index in [4.69, 9.17) is 14.6 Å². The van der Waals surface area contributed by atoms with Gasteiger partial charge in [0.15, 0.2) is 5.69 Å². The van der Waals surface area contributed by atoms with E-state index >= 15 is 0 Å². The molecule has 0 saturated carbocycles. The van der Waals surface area contributed by atoms with Crippen LogP contribution < -0.4 is 10.1 Å². The number of carbonyl (C=O) groups is 1. The van der Waals surface area contributed by atoms with E-state index in [1.807, 2.05) is 6.07 Å². The summed E-state index contributed by atoms with van der Waals surface area (Å²) >= 11 is 0. The molecule has 0 aliphatic carbocycles. The molecule has 1 aliphatic heterocycles. The maximum atomic E-state index is 10.8. The van der Waals surface area contributed by atoms with E-state index in [1.165, 1.54) is 12.4 Å². The van der Waals surface area contributed by atoms with Crippen LogP contribution in [-0.4, -0.2) is 45.8 Å². The van der Waals surface area contributed by atoms with Crippen molar-refractivity contribution in [3.8, 4) is 5.75 Å². The van der Waals surface area contributed by atoms with Gasteiger partial charge in [-0.15, -0.1) is 0 Å². The molecule has 1 saturated heterocycles. The number of ether oxygens (including phenoxy) is 2. The molecule has 0 bridgehead atoms. The van der Waals surface area contributed by atoms with Gasteiger partial charge in [0.1, 0.15) is 11.6 Å². The molecule has 8 nitrogen and oxygen atoms in total. The van der Waals surface area contributed by atoms with E-state index in [0.717, 1.165) is 25.2 Å². The fourth-order valence-corrected chi connectivity index (χ4v) is 2.32. The minimum absolute atomic E-state index is 0.0905. The summed E-state index contributed by atoms with van der Waals surface area (Å²) in [6, 6.07) is 1.87. The minimum atomic E-state index is -1.10. The standard InChI is InChI=1S/C16H18N4O4/c21-16(22)13-6-20-15(8-18-13)19-5-12-1-3-17-7-14(12)24-10-11-2-4-23-9-11/h1,3,6-8,11H,2,4-5,9-10H2,(H,19,20)(H,21,22). The number of aromatic nitrogens is 3. The van der Waals surface area contributed by atoms with Crippen LogP contribution in [0.1, 0.15) is 22.5 Å². The Morgan fingerprint density at radius 2 is 2.29 bits per heavy atom. The van der Waals surface area contributed by atoms with E-state index in [-0.39, 0.29) is 5.69 Å².